The van der Waals surface area contributed by atoms with Gasteiger partial charge in [0.2, 0.25) is 0 Å². The maximum Gasteiger partial charge on any atom is 0.196 e. The summed E-state index contributed by atoms with van der Waals surface area (Å²) >= 11 is 0. The molecule has 1 aromatic heterocycles. The molecule has 0 unspecified atom stereocenters. The van der Waals surface area contributed by atoms with Crippen LogP contribution in [0.4, 0.5) is 0 Å². The fourth-order valence-electron chi connectivity index (χ4n) is 4.42. The van der Waals surface area contributed by atoms with Crippen LogP contribution < -0.4 is 0 Å². The Morgan fingerprint density at radius 1 is 0.647 bits per heavy atom. The minimum atomic E-state index is -0.247. The molecule has 3 aromatic rings. The van der Waals surface area contributed by atoms with Crippen LogP contribution in [0.3, 0.4) is 0 Å². The predicted molar refractivity (Wildman–Crippen MR) is 130 cm³/mol. The summed E-state index contributed by atoms with van der Waals surface area (Å²) in [6.45, 7) is 4.29. The summed E-state index contributed by atoms with van der Waals surface area (Å²) in [6.07, 6.45) is 4.70. The molecule has 0 atom stereocenters. The Bertz CT molecular complexity index is 1400. The average molecular weight is 447 g/mol. The number of carbonyl (C=O) groups is 4. The number of ketones is 4. The van der Waals surface area contributed by atoms with E-state index in [9.17, 15) is 19.2 Å². The van der Waals surface area contributed by atoms with E-state index in [1.54, 1.807) is 60.7 Å². The first-order valence-corrected chi connectivity index (χ1v) is 11.0. The van der Waals surface area contributed by atoms with Gasteiger partial charge in [-0.15, -0.1) is 0 Å². The molecule has 5 rings (SSSR count). The lowest BCUT2D eigenvalue weighted by Gasteiger charge is -2.20. The van der Waals surface area contributed by atoms with Crippen molar-refractivity contribution in [2.45, 2.75) is 20.4 Å². The topological polar surface area (TPSA) is 73.2 Å². The predicted octanol–water partition coefficient (Wildman–Crippen LogP) is 5.38. The van der Waals surface area contributed by atoms with Crippen molar-refractivity contribution in [2.24, 2.45) is 0 Å². The lowest BCUT2D eigenvalue weighted by molar-refractivity contribution is 0.100. The van der Waals surface area contributed by atoms with Crippen LogP contribution in [0.15, 0.2) is 84.5 Å². The first-order chi connectivity index (χ1) is 16.4. The molecule has 0 spiro atoms. The summed E-state index contributed by atoms with van der Waals surface area (Å²) in [7, 11) is 0. The molecule has 0 saturated carbocycles. The molecule has 0 fully saturated rings. The molecule has 5 heteroatoms. The molecule has 0 radical (unpaired) electrons. The first kappa shape index (κ1) is 21.5. The zero-order valence-electron chi connectivity index (χ0n) is 18.8. The van der Waals surface area contributed by atoms with Gasteiger partial charge in [-0.25, -0.2) is 0 Å². The third kappa shape index (κ3) is 3.42. The van der Waals surface area contributed by atoms with Crippen LogP contribution >= 0.6 is 0 Å². The summed E-state index contributed by atoms with van der Waals surface area (Å²) in [5.41, 5.74) is 4.14. The van der Waals surface area contributed by atoms with Crippen molar-refractivity contribution in [1.82, 2.24) is 4.57 Å². The van der Waals surface area contributed by atoms with E-state index in [4.69, 9.17) is 0 Å². The highest BCUT2D eigenvalue weighted by Gasteiger charge is 2.31. The molecule has 0 N–H and O–H groups in total. The molecule has 2 aromatic carbocycles. The monoisotopic (exact) mass is 447 g/mol. The molecule has 2 aliphatic rings. The Hall–Kier alpha value is -4.38. The number of carbonyl (C=O) groups excluding carboxylic acids is 4. The first-order valence-electron chi connectivity index (χ1n) is 11.0. The summed E-state index contributed by atoms with van der Waals surface area (Å²) in [5, 5.41) is 0. The van der Waals surface area contributed by atoms with Crippen LogP contribution in [0.2, 0.25) is 0 Å². The summed E-state index contributed by atoms with van der Waals surface area (Å²) in [4.78, 5) is 52.2. The minimum absolute atomic E-state index is 0.237. The number of rotatable bonds is 4. The van der Waals surface area contributed by atoms with Crippen molar-refractivity contribution in [2.75, 3.05) is 0 Å². The molecule has 5 nitrogen and oxygen atoms in total. The number of Topliss-reactive ketones (excluding diaryl/α,β-unsaturated/α-hetero) is 2. The van der Waals surface area contributed by atoms with Gasteiger partial charge >= 0.3 is 0 Å². The third-order valence-corrected chi connectivity index (χ3v) is 6.13. The van der Waals surface area contributed by atoms with E-state index in [0.29, 0.717) is 40.2 Å². The van der Waals surface area contributed by atoms with Crippen molar-refractivity contribution in [3.63, 3.8) is 0 Å². The van der Waals surface area contributed by atoms with Gasteiger partial charge in [0.15, 0.2) is 23.1 Å². The number of fused-ring (bicyclic) bond motifs is 2. The zero-order chi connectivity index (χ0) is 24.0. The van der Waals surface area contributed by atoms with E-state index >= 15 is 0 Å². The summed E-state index contributed by atoms with van der Waals surface area (Å²) < 4.78 is 1.82. The van der Waals surface area contributed by atoms with Crippen LogP contribution in [-0.4, -0.2) is 27.7 Å². The minimum Gasteiger partial charge on any atom is -0.336 e. The molecule has 0 aliphatic heterocycles. The van der Waals surface area contributed by atoms with Gasteiger partial charge in [-0.2, -0.15) is 0 Å². The number of hydrogen-bond acceptors (Lipinski definition) is 4. The SMILES string of the molecule is CC(C)=CCn1c(C2=CC(=O)c3ccccc3C2=O)ccc1C1=CC(=O)c2ccccc2C1=O. The van der Waals surface area contributed by atoms with Crippen molar-refractivity contribution < 1.29 is 19.2 Å². The van der Waals surface area contributed by atoms with Gasteiger partial charge in [0.25, 0.3) is 0 Å². The molecule has 0 saturated heterocycles. The van der Waals surface area contributed by atoms with Crippen LogP contribution in [0.5, 0.6) is 0 Å². The van der Waals surface area contributed by atoms with Crippen LogP contribution in [0, 0.1) is 0 Å². The molecule has 34 heavy (non-hydrogen) atoms. The fourth-order valence-corrected chi connectivity index (χ4v) is 4.42. The number of aromatic nitrogens is 1. The van der Waals surface area contributed by atoms with Crippen molar-refractivity contribution >= 4 is 34.3 Å². The van der Waals surface area contributed by atoms with E-state index in [2.05, 4.69) is 0 Å². The van der Waals surface area contributed by atoms with E-state index in [0.717, 1.165) is 5.57 Å². The Kier molecular flexibility index (Phi) is 5.17. The van der Waals surface area contributed by atoms with E-state index in [-0.39, 0.29) is 34.3 Å². The largest absolute Gasteiger partial charge is 0.336 e. The molecule has 166 valence electrons. The van der Waals surface area contributed by atoms with Gasteiger partial charge in [0.05, 0.1) is 22.5 Å². The highest BCUT2D eigenvalue weighted by molar-refractivity contribution is 6.40. The van der Waals surface area contributed by atoms with E-state index in [1.807, 2.05) is 24.5 Å². The van der Waals surface area contributed by atoms with Gasteiger partial charge in [-0.3, -0.25) is 19.2 Å². The van der Waals surface area contributed by atoms with Crippen molar-refractivity contribution in [3.05, 3.63) is 118 Å². The maximum absolute atomic E-state index is 13.3. The molecule has 2 aliphatic carbocycles. The quantitative estimate of drug-likeness (QED) is 0.504. The van der Waals surface area contributed by atoms with Gasteiger partial charge in [0.1, 0.15) is 0 Å². The van der Waals surface area contributed by atoms with Crippen LogP contribution in [0.1, 0.15) is 66.7 Å². The molecule has 1 heterocycles. The lowest BCUT2D eigenvalue weighted by atomic mass is 9.88. The number of hydrogen-bond donors (Lipinski definition) is 0. The number of benzene rings is 2. The zero-order valence-corrected chi connectivity index (χ0v) is 18.8. The van der Waals surface area contributed by atoms with Gasteiger partial charge in [-0.1, -0.05) is 60.2 Å². The normalized spacial score (nSPS) is 14.9. The average Bonchev–Trinajstić information content (AvgIpc) is 3.25. The maximum atomic E-state index is 13.3. The Morgan fingerprint density at radius 3 is 1.47 bits per heavy atom. The molecule has 0 amide bonds. The Morgan fingerprint density at radius 2 is 1.06 bits per heavy atom. The second-order valence-corrected chi connectivity index (χ2v) is 8.59. The van der Waals surface area contributed by atoms with Gasteiger partial charge in [-0.05, 0) is 38.1 Å². The van der Waals surface area contributed by atoms with Crippen molar-refractivity contribution in [3.8, 4) is 0 Å². The summed E-state index contributed by atoms with van der Waals surface area (Å²) in [5.74, 6) is -0.968. The highest BCUT2D eigenvalue weighted by Crippen LogP contribution is 2.33. The van der Waals surface area contributed by atoms with E-state index < -0.39 is 0 Å². The molecular weight excluding hydrogens is 426 g/mol. The number of allylic oxidation sites excluding steroid dienone is 6. The lowest BCUT2D eigenvalue weighted by Crippen LogP contribution is -2.20. The standard InChI is InChI=1S/C29H21NO4/c1-17(2)13-14-30-24(22-15-26(31)18-7-3-5-9-20(18)28(22)33)11-12-25(30)23-16-27(32)19-8-4-6-10-21(19)29(23)34/h3-13,15-16H,14H2,1-2H3. The second-order valence-electron chi connectivity index (χ2n) is 8.59. The second kappa shape index (κ2) is 8.19. The Labute approximate surface area is 196 Å². The Balaban J connectivity index is 1.66. The smallest absolute Gasteiger partial charge is 0.196 e. The number of nitrogens with zero attached hydrogens (tertiary/aromatic N) is 1. The van der Waals surface area contributed by atoms with Crippen molar-refractivity contribution in [1.29, 1.82) is 0 Å². The van der Waals surface area contributed by atoms with E-state index in [1.165, 1.54) is 12.2 Å². The van der Waals surface area contributed by atoms with Gasteiger partial charge < -0.3 is 4.57 Å². The third-order valence-electron chi connectivity index (χ3n) is 6.13. The molecule has 0 bridgehead atoms. The van der Waals surface area contributed by atoms with Gasteiger partial charge in [0, 0.05) is 28.8 Å². The fraction of sp³-hybridized carbons (Fsp3) is 0.103. The van der Waals surface area contributed by atoms with Crippen LogP contribution in [-0.2, 0) is 6.54 Å². The highest BCUT2D eigenvalue weighted by atomic mass is 16.1. The summed E-state index contributed by atoms with van der Waals surface area (Å²) in [6, 6.07) is 17.0. The van der Waals surface area contributed by atoms with Crippen LogP contribution in [0.25, 0.3) is 11.1 Å². The molecular formula is C29H21NO4.